The molecule has 0 bridgehead atoms. The molecule has 0 fully saturated rings. The molecule has 0 aliphatic rings. The molecular weight excluding hydrogens is 214 g/mol. The van der Waals surface area contributed by atoms with Gasteiger partial charge in [0.1, 0.15) is 0 Å². The van der Waals surface area contributed by atoms with Crippen molar-refractivity contribution in [3.63, 3.8) is 0 Å². The first-order valence-corrected chi connectivity index (χ1v) is 7.15. The van der Waals surface area contributed by atoms with Crippen molar-refractivity contribution in [1.82, 2.24) is 5.32 Å². The van der Waals surface area contributed by atoms with E-state index in [9.17, 15) is 4.79 Å². The maximum Gasteiger partial charge on any atom is 0.404 e. The zero-order valence-corrected chi connectivity index (χ0v) is 11.9. The fourth-order valence-electron chi connectivity index (χ4n) is 1.54. The van der Waals surface area contributed by atoms with Crippen LogP contribution >= 0.6 is 0 Å². The smallest absolute Gasteiger partial charge is 0.404 e. The molecule has 0 aliphatic carbocycles. The number of hydrogen-bond acceptors (Lipinski definition) is 1. The molecule has 104 valence electrons. The van der Waals surface area contributed by atoms with E-state index in [0.717, 1.165) is 0 Å². The predicted molar refractivity (Wildman–Crippen MR) is 74.6 cm³/mol. The number of rotatable bonds is 9. The van der Waals surface area contributed by atoms with Gasteiger partial charge in [-0.2, -0.15) is 0 Å². The van der Waals surface area contributed by atoms with Crippen LogP contribution in [0.4, 0.5) is 4.79 Å². The molecular formula is C14H31NO2. The summed E-state index contributed by atoms with van der Waals surface area (Å²) in [7, 11) is 0. The van der Waals surface area contributed by atoms with Crippen LogP contribution in [0.2, 0.25) is 0 Å². The molecule has 0 aromatic carbocycles. The first kappa shape index (κ1) is 18.6. The molecule has 0 aromatic heterocycles. The third-order valence-corrected chi connectivity index (χ3v) is 2.54. The van der Waals surface area contributed by atoms with Crippen LogP contribution in [0.5, 0.6) is 0 Å². The average molecular weight is 245 g/mol. The Hall–Kier alpha value is -0.730. The van der Waals surface area contributed by atoms with Gasteiger partial charge in [-0.25, -0.2) is 4.79 Å². The quantitative estimate of drug-likeness (QED) is 0.573. The van der Waals surface area contributed by atoms with Gasteiger partial charge in [0.05, 0.1) is 0 Å². The molecule has 2 N–H and O–H groups in total. The Bertz CT molecular complexity index is 141. The van der Waals surface area contributed by atoms with Crippen LogP contribution in [0, 0.1) is 0 Å². The van der Waals surface area contributed by atoms with Crippen LogP contribution in [0.1, 0.15) is 78.6 Å². The monoisotopic (exact) mass is 245 g/mol. The lowest BCUT2D eigenvalue weighted by Gasteiger charge is -1.98. The fraction of sp³-hybridized carbons (Fsp3) is 0.929. The summed E-state index contributed by atoms with van der Waals surface area (Å²) in [6.45, 7) is 6.76. The number of nitrogens with one attached hydrogen (secondary N) is 1. The zero-order valence-electron chi connectivity index (χ0n) is 11.9. The van der Waals surface area contributed by atoms with Gasteiger partial charge in [0.25, 0.3) is 0 Å². The lowest BCUT2D eigenvalue weighted by atomic mass is 10.1. The zero-order chi connectivity index (χ0) is 13.4. The van der Waals surface area contributed by atoms with Crippen molar-refractivity contribution in [2.24, 2.45) is 0 Å². The van der Waals surface area contributed by atoms with Gasteiger partial charge in [-0.3, -0.25) is 0 Å². The molecule has 1 amide bonds. The molecule has 3 nitrogen and oxygen atoms in total. The van der Waals surface area contributed by atoms with E-state index in [1.165, 1.54) is 57.8 Å². The van der Waals surface area contributed by atoms with Crippen LogP contribution in [0.3, 0.4) is 0 Å². The summed E-state index contributed by atoms with van der Waals surface area (Å²) in [5.41, 5.74) is 0. The minimum atomic E-state index is -0.961. The second-order valence-corrected chi connectivity index (χ2v) is 4.31. The summed E-state index contributed by atoms with van der Waals surface area (Å²) in [6, 6.07) is 0. The second-order valence-electron chi connectivity index (χ2n) is 4.31. The standard InChI is InChI=1S/C11H24.C3H7NO2/c1-3-5-7-9-11-10-8-6-4-2;1-2-4-3(5)6/h3-11H2,1-2H3;4H,2H2,1H3,(H,5,6). The summed E-state index contributed by atoms with van der Waals surface area (Å²) in [4.78, 5) is 9.49. The summed E-state index contributed by atoms with van der Waals surface area (Å²) < 4.78 is 0. The van der Waals surface area contributed by atoms with E-state index in [-0.39, 0.29) is 0 Å². The van der Waals surface area contributed by atoms with Crippen molar-refractivity contribution in [2.75, 3.05) is 6.54 Å². The second kappa shape index (κ2) is 17.7. The average Bonchev–Trinajstić information content (AvgIpc) is 2.29. The molecule has 0 rings (SSSR count). The number of carbonyl (C=O) groups is 1. The summed E-state index contributed by atoms with van der Waals surface area (Å²) in [6.07, 6.45) is 12.0. The third-order valence-electron chi connectivity index (χ3n) is 2.54. The Balaban J connectivity index is 0. The van der Waals surface area contributed by atoms with Gasteiger partial charge in [-0.05, 0) is 6.92 Å². The fourth-order valence-corrected chi connectivity index (χ4v) is 1.54. The SMILES string of the molecule is CCCCCCCCCCC.CCNC(=O)O. The molecule has 17 heavy (non-hydrogen) atoms. The highest BCUT2D eigenvalue weighted by Crippen LogP contribution is 2.08. The molecule has 0 atom stereocenters. The maximum absolute atomic E-state index is 9.49. The number of unbranched alkanes of at least 4 members (excludes halogenated alkanes) is 8. The largest absolute Gasteiger partial charge is 0.465 e. The van der Waals surface area contributed by atoms with Gasteiger partial charge in [0.2, 0.25) is 0 Å². The molecule has 0 saturated heterocycles. The Morgan fingerprint density at radius 2 is 1.18 bits per heavy atom. The lowest BCUT2D eigenvalue weighted by Crippen LogP contribution is -2.19. The number of hydrogen-bond donors (Lipinski definition) is 2. The molecule has 0 saturated carbocycles. The van der Waals surface area contributed by atoms with E-state index in [2.05, 4.69) is 19.2 Å². The minimum absolute atomic E-state index is 0.481. The Kier molecular flexibility index (Phi) is 19.4. The van der Waals surface area contributed by atoms with Gasteiger partial charge in [-0.1, -0.05) is 71.6 Å². The van der Waals surface area contributed by atoms with Crippen molar-refractivity contribution in [3.8, 4) is 0 Å². The van der Waals surface area contributed by atoms with E-state index >= 15 is 0 Å². The van der Waals surface area contributed by atoms with Crippen molar-refractivity contribution in [3.05, 3.63) is 0 Å². The van der Waals surface area contributed by atoms with E-state index in [1.54, 1.807) is 6.92 Å². The van der Waals surface area contributed by atoms with Gasteiger partial charge in [-0.15, -0.1) is 0 Å². The molecule has 3 heteroatoms. The van der Waals surface area contributed by atoms with Gasteiger partial charge >= 0.3 is 6.09 Å². The Morgan fingerprint density at radius 1 is 0.824 bits per heavy atom. The van der Waals surface area contributed by atoms with Crippen LogP contribution < -0.4 is 5.32 Å². The minimum Gasteiger partial charge on any atom is -0.465 e. The van der Waals surface area contributed by atoms with Crippen molar-refractivity contribution >= 4 is 6.09 Å². The van der Waals surface area contributed by atoms with Crippen LogP contribution in [0.25, 0.3) is 0 Å². The first-order chi connectivity index (χ1) is 8.18. The first-order valence-electron chi connectivity index (χ1n) is 7.15. The topological polar surface area (TPSA) is 49.3 Å². The predicted octanol–water partition coefficient (Wildman–Crippen LogP) is 4.81. The maximum atomic E-state index is 9.49. The molecule has 0 aliphatic heterocycles. The van der Waals surface area contributed by atoms with Crippen LogP contribution in [-0.4, -0.2) is 17.7 Å². The molecule has 0 aromatic rings. The molecule has 0 radical (unpaired) electrons. The Labute approximate surface area is 107 Å². The van der Waals surface area contributed by atoms with Gasteiger partial charge in [0, 0.05) is 6.54 Å². The van der Waals surface area contributed by atoms with Crippen LogP contribution in [0.15, 0.2) is 0 Å². The normalized spacial score (nSPS) is 9.35. The highest BCUT2D eigenvalue weighted by molar-refractivity contribution is 5.64. The van der Waals surface area contributed by atoms with Crippen molar-refractivity contribution in [1.29, 1.82) is 0 Å². The van der Waals surface area contributed by atoms with Crippen LogP contribution in [-0.2, 0) is 0 Å². The van der Waals surface area contributed by atoms with Crippen molar-refractivity contribution in [2.45, 2.75) is 78.6 Å². The molecule has 0 heterocycles. The van der Waals surface area contributed by atoms with E-state index in [4.69, 9.17) is 5.11 Å². The van der Waals surface area contributed by atoms with Crippen molar-refractivity contribution < 1.29 is 9.90 Å². The lowest BCUT2D eigenvalue weighted by molar-refractivity contribution is 0.195. The summed E-state index contributed by atoms with van der Waals surface area (Å²) in [5.74, 6) is 0. The number of carboxylic acid groups (broad SMARTS) is 1. The molecule has 0 unspecified atom stereocenters. The van der Waals surface area contributed by atoms with Gasteiger partial charge in [0.15, 0.2) is 0 Å². The summed E-state index contributed by atoms with van der Waals surface area (Å²) >= 11 is 0. The Morgan fingerprint density at radius 3 is 1.35 bits per heavy atom. The van der Waals surface area contributed by atoms with E-state index in [0.29, 0.717) is 6.54 Å². The van der Waals surface area contributed by atoms with E-state index in [1.807, 2.05) is 0 Å². The third kappa shape index (κ3) is 25.5. The highest BCUT2D eigenvalue weighted by Gasteiger charge is 1.89. The number of amides is 1. The summed E-state index contributed by atoms with van der Waals surface area (Å²) in [5, 5.41) is 9.93. The molecule has 0 spiro atoms. The highest BCUT2D eigenvalue weighted by atomic mass is 16.4. The van der Waals surface area contributed by atoms with E-state index < -0.39 is 6.09 Å². The van der Waals surface area contributed by atoms with Gasteiger partial charge < -0.3 is 10.4 Å².